The number of H-pyrrole nitrogens is 1. The SMILES string of the molecule is O=C(OCc1ccccc1)c1ccc(OC[C@H](O)Cc2nn[nH]n2)cc1. The monoisotopic (exact) mass is 354 g/mol. The maximum absolute atomic E-state index is 12.0. The highest BCUT2D eigenvalue weighted by Gasteiger charge is 2.11. The minimum Gasteiger partial charge on any atom is -0.491 e. The van der Waals surface area contributed by atoms with E-state index in [4.69, 9.17) is 9.47 Å². The van der Waals surface area contributed by atoms with E-state index in [0.29, 0.717) is 17.1 Å². The Bertz CT molecular complexity index is 807. The number of esters is 1. The van der Waals surface area contributed by atoms with E-state index < -0.39 is 12.1 Å². The third-order valence-corrected chi connectivity index (χ3v) is 3.55. The van der Waals surface area contributed by atoms with E-state index in [1.54, 1.807) is 24.3 Å². The fraction of sp³-hybridized carbons (Fsp3) is 0.222. The Morgan fingerprint density at radius 3 is 2.58 bits per heavy atom. The summed E-state index contributed by atoms with van der Waals surface area (Å²) < 4.78 is 10.8. The fourth-order valence-electron chi connectivity index (χ4n) is 2.22. The molecule has 0 aliphatic heterocycles. The van der Waals surface area contributed by atoms with Crippen molar-refractivity contribution in [1.82, 2.24) is 20.6 Å². The van der Waals surface area contributed by atoms with E-state index >= 15 is 0 Å². The van der Waals surface area contributed by atoms with Gasteiger partial charge in [0.25, 0.3) is 0 Å². The zero-order chi connectivity index (χ0) is 18.2. The largest absolute Gasteiger partial charge is 0.491 e. The smallest absolute Gasteiger partial charge is 0.338 e. The molecule has 0 radical (unpaired) electrons. The maximum Gasteiger partial charge on any atom is 0.338 e. The summed E-state index contributed by atoms with van der Waals surface area (Å²) in [5.74, 6) is 0.548. The number of aromatic nitrogens is 4. The second-order valence-corrected chi connectivity index (χ2v) is 5.58. The first-order chi connectivity index (χ1) is 12.7. The molecule has 8 nitrogen and oxygen atoms in total. The Labute approximate surface area is 149 Å². The van der Waals surface area contributed by atoms with Crippen LogP contribution in [0.5, 0.6) is 5.75 Å². The van der Waals surface area contributed by atoms with Crippen molar-refractivity contribution in [2.24, 2.45) is 0 Å². The average Bonchev–Trinajstić information content (AvgIpc) is 3.18. The van der Waals surface area contributed by atoms with Gasteiger partial charge in [-0.3, -0.25) is 0 Å². The van der Waals surface area contributed by atoms with Crippen LogP contribution in [0.25, 0.3) is 0 Å². The Kier molecular flexibility index (Phi) is 5.89. The van der Waals surface area contributed by atoms with E-state index in [1.165, 1.54) is 0 Å². The third-order valence-electron chi connectivity index (χ3n) is 3.55. The summed E-state index contributed by atoms with van der Waals surface area (Å²) in [6, 6.07) is 16.0. The first-order valence-electron chi connectivity index (χ1n) is 8.05. The van der Waals surface area contributed by atoms with Crippen LogP contribution < -0.4 is 4.74 Å². The minimum atomic E-state index is -0.761. The van der Waals surface area contributed by atoms with Crippen molar-refractivity contribution in [2.45, 2.75) is 19.1 Å². The van der Waals surface area contributed by atoms with Crippen molar-refractivity contribution < 1.29 is 19.4 Å². The fourth-order valence-corrected chi connectivity index (χ4v) is 2.22. The van der Waals surface area contributed by atoms with Crippen molar-refractivity contribution in [3.8, 4) is 5.75 Å². The Balaban J connectivity index is 1.46. The zero-order valence-corrected chi connectivity index (χ0v) is 13.9. The van der Waals surface area contributed by atoms with E-state index in [-0.39, 0.29) is 19.6 Å². The van der Waals surface area contributed by atoms with Crippen LogP contribution in [0, 0.1) is 0 Å². The van der Waals surface area contributed by atoms with E-state index in [0.717, 1.165) is 5.56 Å². The first-order valence-corrected chi connectivity index (χ1v) is 8.05. The highest BCUT2D eigenvalue weighted by atomic mass is 16.5. The number of aliphatic hydroxyl groups is 1. The highest BCUT2D eigenvalue weighted by Crippen LogP contribution is 2.14. The van der Waals surface area contributed by atoms with Gasteiger partial charge >= 0.3 is 5.97 Å². The number of rotatable bonds is 8. The Morgan fingerprint density at radius 1 is 1.12 bits per heavy atom. The summed E-state index contributed by atoms with van der Waals surface area (Å²) in [5.41, 5.74) is 1.36. The van der Waals surface area contributed by atoms with Crippen molar-refractivity contribution in [3.05, 3.63) is 71.5 Å². The lowest BCUT2D eigenvalue weighted by Gasteiger charge is -2.11. The molecule has 0 saturated carbocycles. The molecule has 0 aliphatic rings. The molecular formula is C18H18N4O4. The van der Waals surface area contributed by atoms with Gasteiger partial charge in [-0.05, 0) is 29.8 Å². The summed E-state index contributed by atoms with van der Waals surface area (Å²) in [6.07, 6.45) is -0.525. The molecule has 8 heteroatoms. The number of nitrogens with zero attached hydrogens (tertiary/aromatic N) is 3. The van der Waals surface area contributed by atoms with Crippen LogP contribution in [0.1, 0.15) is 21.7 Å². The molecule has 134 valence electrons. The van der Waals surface area contributed by atoms with E-state index in [9.17, 15) is 9.90 Å². The maximum atomic E-state index is 12.0. The van der Waals surface area contributed by atoms with Gasteiger partial charge in [-0.2, -0.15) is 5.21 Å². The van der Waals surface area contributed by atoms with Crippen LogP contribution in [0.4, 0.5) is 0 Å². The lowest BCUT2D eigenvalue weighted by Crippen LogP contribution is -2.20. The van der Waals surface area contributed by atoms with Crippen LogP contribution in [0.15, 0.2) is 54.6 Å². The molecule has 0 spiro atoms. The van der Waals surface area contributed by atoms with Gasteiger partial charge in [-0.25, -0.2) is 4.79 Å². The number of hydrogen-bond acceptors (Lipinski definition) is 7. The van der Waals surface area contributed by atoms with Crippen molar-refractivity contribution >= 4 is 5.97 Å². The second-order valence-electron chi connectivity index (χ2n) is 5.58. The molecule has 0 saturated heterocycles. The lowest BCUT2D eigenvalue weighted by atomic mass is 10.2. The van der Waals surface area contributed by atoms with Crippen molar-refractivity contribution in [3.63, 3.8) is 0 Å². The van der Waals surface area contributed by atoms with Gasteiger partial charge in [-0.15, -0.1) is 10.2 Å². The second kappa shape index (κ2) is 8.72. The quantitative estimate of drug-likeness (QED) is 0.590. The first kappa shape index (κ1) is 17.6. The molecule has 0 amide bonds. The van der Waals surface area contributed by atoms with Crippen LogP contribution in [0.2, 0.25) is 0 Å². The number of tetrazole rings is 1. The predicted octanol–water partition coefficient (Wildman–Crippen LogP) is 1.54. The van der Waals surface area contributed by atoms with Crippen LogP contribution >= 0.6 is 0 Å². The van der Waals surface area contributed by atoms with Crippen molar-refractivity contribution in [2.75, 3.05) is 6.61 Å². The standard InChI is InChI=1S/C18H18N4O4/c23-15(10-17-19-21-22-20-17)12-25-16-8-6-14(7-9-16)18(24)26-11-13-4-2-1-3-5-13/h1-9,15,23H,10-12H2,(H,19,20,21,22)/t15-/m1/s1. The number of carbonyl (C=O) groups is 1. The van der Waals surface area contributed by atoms with Gasteiger partial charge in [0, 0.05) is 6.42 Å². The molecule has 0 bridgehead atoms. The number of benzene rings is 2. The van der Waals surface area contributed by atoms with Crippen LogP contribution in [-0.2, 0) is 17.8 Å². The van der Waals surface area contributed by atoms with Gasteiger partial charge in [0.2, 0.25) is 0 Å². The van der Waals surface area contributed by atoms with Crippen LogP contribution in [0.3, 0.4) is 0 Å². The van der Waals surface area contributed by atoms with Gasteiger partial charge in [-0.1, -0.05) is 35.5 Å². The molecule has 1 aromatic heterocycles. The average molecular weight is 354 g/mol. The normalized spacial score (nSPS) is 11.7. The van der Waals surface area contributed by atoms with Gasteiger partial charge in [0.15, 0.2) is 5.82 Å². The Morgan fingerprint density at radius 2 is 1.88 bits per heavy atom. The Hall–Kier alpha value is -3.26. The molecular weight excluding hydrogens is 336 g/mol. The van der Waals surface area contributed by atoms with E-state index in [1.807, 2.05) is 30.3 Å². The molecule has 0 fully saturated rings. The predicted molar refractivity (Wildman–Crippen MR) is 91.4 cm³/mol. The molecule has 3 aromatic rings. The summed E-state index contributed by atoms with van der Waals surface area (Å²) in [7, 11) is 0. The molecule has 0 aliphatic carbocycles. The molecule has 2 N–H and O–H groups in total. The van der Waals surface area contributed by atoms with Gasteiger partial charge in [0.05, 0.1) is 11.7 Å². The number of carbonyl (C=O) groups excluding carboxylic acids is 1. The number of aromatic amines is 1. The van der Waals surface area contributed by atoms with Crippen LogP contribution in [-0.4, -0.2) is 44.4 Å². The highest BCUT2D eigenvalue weighted by molar-refractivity contribution is 5.89. The van der Waals surface area contributed by atoms with E-state index in [2.05, 4.69) is 20.6 Å². The van der Waals surface area contributed by atoms with Crippen molar-refractivity contribution in [1.29, 1.82) is 0 Å². The topological polar surface area (TPSA) is 110 Å². The van der Waals surface area contributed by atoms with Gasteiger partial charge in [0.1, 0.15) is 19.0 Å². The minimum absolute atomic E-state index is 0.0757. The number of aliphatic hydroxyl groups excluding tert-OH is 1. The molecule has 3 rings (SSSR count). The summed E-state index contributed by atoms with van der Waals surface area (Å²) >= 11 is 0. The lowest BCUT2D eigenvalue weighted by molar-refractivity contribution is 0.0472. The third kappa shape index (κ3) is 5.12. The number of nitrogens with one attached hydrogen (secondary N) is 1. The molecule has 0 unspecified atom stereocenters. The van der Waals surface area contributed by atoms with Gasteiger partial charge < -0.3 is 14.6 Å². The molecule has 2 aromatic carbocycles. The number of ether oxygens (including phenoxy) is 2. The summed E-state index contributed by atoms with van der Waals surface area (Å²) in [6.45, 7) is 0.298. The molecule has 26 heavy (non-hydrogen) atoms. The summed E-state index contributed by atoms with van der Waals surface area (Å²) in [5, 5.41) is 23.2. The zero-order valence-electron chi connectivity index (χ0n) is 13.9. The summed E-state index contributed by atoms with van der Waals surface area (Å²) in [4.78, 5) is 12.0. The molecule has 1 atom stereocenters. The molecule has 1 heterocycles. The number of hydrogen-bond donors (Lipinski definition) is 2.